The number of hydrogen-bond acceptors (Lipinski definition) is 7. The number of halogens is 2. The van der Waals surface area contributed by atoms with Crippen LogP contribution in [0.3, 0.4) is 0 Å². The zero-order valence-electron chi connectivity index (χ0n) is 24.2. The number of methoxy groups -OCH3 is 2. The largest absolute Gasteiger partial charge is 0.497 e. The number of thioether (sulfide) groups is 1. The first-order chi connectivity index (χ1) is 20.7. The van der Waals surface area contributed by atoms with Gasteiger partial charge in [-0.25, -0.2) is 9.78 Å². The molecule has 1 aromatic heterocycles. The molecule has 1 unspecified atom stereocenters. The number of nitrogens with zero attached hydrogens (tertiary/aromatic N) is 3. The van der Waals surface area contributed by atoms with E-state index < -0.39 is 12.0 Å². The van der Waals surface area contributed by atoms with Gasteiger partial charge in [-0.15, -0.1) is 11.8 Å². The topological polar surface area (TPSA) is 103 Å². The predicted octanol–water partition coefficient (Wildman–Crippen LogP) is 5.12. The van der Waals surface area contributed by atoms with Crippen LogP contribution in [0, 0.1) is 5.92 Å². The maximum atomic E-state index is 13.1. The highest BCUT2D eigenvalue weighted by Gasteiger charge is 2.30. The Bertz CT molecular complexity index is 1490. The number of hydrogen-bond donors (Lipinski definition) is 1. The van der Waals surface area contributed by atoms with Crippen LogP contribution in [0.1, 0.15) is 29.7 Å². The van der Waals surface area contributed by atoms with Crippen LogP contribution in [0.4, 0.5) is 0 Å². The Morgan fingerprint density at radius 3 is 2.60 bits per heavy atom. The molecule has 1 atom stereocenters. The van der Waals surface area contributed by atoms with Gasteiger partial charge in [-0.05, 0) is 54.5 Å². The monoisotopic (exact) mass is 644 g/mol. The molecule has 4 rings (SSSR count). The van der Waals surface area contributed by atoms with E-state index in [9.17, 15) is 14.4 Å². The third-order valence-electron chi connectivity index (χ3n) is 7.28. The maximum absolute atomic E-state index is 13.1. The van der Waals surface area contributed by atoms with Gasteiger partial charge in [0.1, 0.15) is 11.8 Å². The van der Waals surface area contributed by atoms with E-state index in [1.807, 2.05) is 53.4 Å². The van der Waals surface area contributed by atoms with Crippen molar-refractivity contribution in [2.24, 2.45) is 5.92 Å². The zero-order chi connectivity index (χ0) is 30.9. The number of esters is 1. The summed E-state index contributed by atoms with van der Waals surface area (Å²) in [6.07, 6.45) is 9.71. The number of amides is 2. The quantitative estimate of drug-likeness (QED) is 0.176. The molecule has 1 saturated heterocycles. The molecule has 12 heteroatoms. The Hall–Kier alpha value is -3.47. The smallest absolute Gasteiger partial charge is 0.328 e. The molecule has 2 aromatic carbocycles. The van der Waals surface area contributed by atoms with E-state index in [-0.39, 0.29) is 24.2 Å². The van der Waals surface area contributed by atoms with Crippen LogP contribution < -0.4 is 10.1 Å². The Morgan fingerprint density at radius 2 is 1.91 bits per heavy atom. The molecule has 9 nitrogen and oxygen atoms in total. The van der Waals surface area contributed by atoms with Crippen LogP contribution >= 0.6 is 35.0 Å². The van der Waals surface area contributed by atoms with E-state index in [1.54, 1.807) is 24.4 Å². The fourth-order valence-corrected chi connectivity index (χ4v) is 6.05. The van der Waals surface area contributed by atoms with Gasteiger partial charge in [0.15, 0.2) is 0 Å². The summed E-state index contributed by atoms with van der Waals surface area (Å²) >= 11 is 14.2. The SMILES string of the molecule is COC(=O)C(Cc1cn(Cc2cccc(OC)c2)cn1)NC(=O)C1CCN(C(=O)C=Cc2ccc(SC)c(Cl)c2Cl)CC1. The molecule has 228 valence electrons. The van der Waals surface area contributed by atoms with Gasteiger partial charge >= 0.3 is 5.97 Å². The number of imidazole rings is 1. The number of piperidine rings is 1. The van der Waals surface area contributed by atoms with Crippen molar-refractivity contribution in [2.45, 2.75) is 36.7 Å². The van der Waals surface area contributed by atoms with Gasteiger partial charge in [0.05, 0.1) is 36.3 Å². The lowest BCUT2D eigenvalue weighted by Crippen LogP contribution is -2.48. The van der Waals surface area contributed by atoms with Crippen molar-refractivity contribution in [1.29, 1.82) is 0 Å². The third kappa shape index (κ3) is 8.55. The first kappa shape index (κ1) is 32.4. The Labute approximate surface area is 265 Å². The first-order valence-corrected chi connectivity index (χ1v) is 15.7. The molecule has 0 bridgehead atoms. The normalized spacial score (nSPS) is 14.5. The average molecular weight is 646 g/mol. The highest BCUT2D eigenvalue weighted by molar-refractivity contribution is 7.98. The van der Waals surface area contributed by atoms with Crippen LogP contribution in [0.2, 0.25) is 10.0 Å². The summed E-state index contributed by atoms with van der Waals surface area (Å²) in [4.78, 5) is 45.5. The minimum atomic E-state index is -0.880. The van der Waals surface area contributed by atoms with E-state index in [4.69, 9.17) is 32.7 Å². The Balaban J connectivity index is 1.30. The van der Waals surface area contributed by atoms with E-state index in [0.717, 1.165) is 16.2 Å². The molecule has 1 N–H and O–H groups in total. The van der Waals surface area contributed by atoms with Gasteiger partial charge in [-0.1, -0.05) is 41.4 Å². The van der Waals surface area contributed by atoms with Gasteiger partial charge < -0.3 is 24.3 Å². The number of likely N-dealkylation sites (tertiary alicyclic amines) is 1. The fourth-order valence-electron chi connectivity index (χ4n) is 4.88. The number of rotatable bonds is 11. The highest BCUT2D eigenvalue weighted by Crippen LogP contribution is 2.35. The molecule has 0 spiro atoms. The van der Waals surface area contributed by atoms with Crippen molar-refractivity contribution in [1.82, 2.24) is 19.8 Å². The lowest BCUT2D eigenvalue weighted by molar-refractivity contribution is -0.145. The Kier molecular flexibility index (Phi) is 11.6. The number of aromatic nitrogens is 2. The number of carbonyl (C=O) groups is 3. The number of ether oxygens (including phenoxy) is 2. The number of nitrogens with one attached hydrogen (secondary N) is 1. The van der Waals surface area contributed by atoms with Gasteiger partial charge in [0, 0.05) is 49.1 Å². The average Bonchev–Trinajstić information content (AvgIpc) is 3.47. The van der Waals surface area contributed by atoms with Crippen LogP contribution in [0.25, 0.3) is 6.08 Å². The summed E-state index contributed by atoms with van der Waals surface area (Å²) in [5.41, 5.74) is 2.35. The van der Waals surface area contributed by atoms with E-state index in [0.29, 0.717) is 53.8 Å². The predicted molar refractivity (Wildman–Crippen MR) is 169 cm³/mol. The molecule has 2 amide bonds. The minimum absolute atomic E-state index is 0.169. The van der Waals surface area contributed by atoms with Crippen molar-refractivity contribution in [3.05, 3.63) is 81.9 Å². The molecule has 0 aliphatic carbocycles. The number of benzene rings is 2. The third-order valence-corrected chi connectivity index (χ3v) is 9.07. The van der Waals surface area contributed by atoms with E-state index >= 15 is 0 Å². The first-order valence-electron chi connectivity index (χ1n) is 13.7. The fraction of sp³-hybridized carbons (Fsp3) is 0.355. The summed E-state index contributed by atoms with van der Waals surface area (Å²) in [6.45, 7) is 1.41. The van der Waals surface area contributed by atoms with Gasteiger partial charge in [-0.2, -0.15) is 0 Å². The summed E-state index contributed by atoms with van der Waals surface area (Å²) in [5, 5.41) is 3.71. The van der Waals surface area contributed by atoms with Crippen molar-refractivity contribution < 1.29 is 23.9 Å². The molecule has 1 aliphatic rings. The highest BCUT2D eigenvalue weighted by atomic mass is 35.5. The summed E-state index contributed by atoms with van der Waals surface area (Å²) in [6, 6.07) is 10.5. The van der Waals surface area contributed by atoms with Crippen molar-refractivity contribution >= 4 is 58.8 Å². The molecule has 43 heavy (non-hydrogen) atoms. The summed E-state index contributed by atoms with van der Waals surface area (Å²) in [7, 11) is 2.91. The van der Waals surface area contributed by atoms with Crippen LogP contribution in [0.15, 0.2) is 59.9 Å². The van der Waals surface area contributed by atoms with Crippen molar-refractivity contribution in [3.8, 4) is 5.75 Å². The summed E-state index contributed by atoms with van der Waals surface area (Å²) in [5.74, 6) is -0.526. The minimum Gasteiger partial charge on any atom is -0.497 e. The molecule has 2 heterocycles. The molecular formula is C31H34Cl2N4O5S. The van der Waals surface area contributed by atoms with Gasteiger partial charge in [-0.3, -0.25) is 9.59 Å². The van der Waals surface area contributed by atoms with Crippen LogP contribution in [-0.4, -0.2) is 71.8 Å². The lowest BCUT2D eigenvalue weighted by atomic mass is 9.95. The summed E-state index contributed by atoms with van der Waals surface area (Å²) < 4.78 is 12.2. The standard InChI is InChI=1S/C31H34Cl2N4O5S/c1-41-24-6-4-5-20(15-24)17-36-18-23(34-19-36)16-25(31(40)42-2)35-30(39)22-11-13-37(14-12-22)27(38)10-8-21-7-9-26(43-3)29(33)28(21)32/h4-10,15,18-19,22,25H,11-14,16-17H2,1-3H3,(H,35,39). The van der Waals surface area contributed by atoms with Crippen molar-refractivity contribution in [2.75, 3.05) is 33.6 Å². The van der Waals surface area contributed by atoms with Crippen LogP contribution in [0.5, 0.6) is 5.75 Å². The molecular weight excluding hydrogens is 611 g/mol. The van der Waals surface area contributed by atoms with E-state index in [1.165, 1.54) is 24.9 Å². The lowest BCUT2D eigenvalue weighted by Gasteiger charge is -2.31. The Morgan fingerprint density at radius 1 is 1.14 bits per heavy atom. The van der Waals surface area contributed by atoms with E-state index in [2.05, 4.69) is 10.3 Å². The van der Waals surface area contributed by atoms with Gasteiger partial charge in [0.25, 0.3) is 0 Å². The second-order valence-electron chi connectivity index (χ2n) is 10.1. The maximum Gasteiger partial charge on any atom is 0.328 e. The second-order valence-corrected chi connectivity index (χ2v) is 11.7. The van der Waals surface area contributed by atoms with Gasteiger partial charge in [0.2, 0.25) is 11.8 Å². The molecule has 3 aromatic rings. The second kappa shape index (κ2) is 15.3. The zero-order valence-corrected chi connectivity index (χ0v) is 26.5. The van der Waals surface area contributed by atoms with Crippen LogP contribution in [-0.2, 0) is 32.1 Å². The molecule has 0 saturated carbocycles. The van der Waals surface area contributed by atoms with Crippen molar-refractivity contribution in [3.63, 3.8) is 0 Å². The molecule has 0 radical (unpaired) electrons. The number of carbonyl (C=O) groups excluding carboxylic acids is 3. The molecule has 1 fully saturated rings. The molecule has 1 aliphatic heterocycles.